The lowest BCUT2D eigenvalue weighted by Gasteiger charge is -2.06. The zero-order chi connectivity index (χ0) is 9.84. The standard InChI is InChI=1S/C9H7F2NO/c1-13-9(5-12)6-2-3-7(10)8(11)4-6/h2-4,9H,1H3. The minimum atomic E-state index is -0.977. The highest BCUT2D eigenvalue weighted by atomic mass is 19.2. The smallest absolute Gasteiger partial charge is 0.168 e. The minimum absolute atomic E-state index is 0.309. The first-order chi connectivity index (χ1) is 6.19. The Balaban J connectivity index is 3.04. The van der Waals surface area contributed by atoms with E-state index in [1.165, 1.54) is 13.2 Å². The van der Waals surface area contributed by atoms with Crippen molar-refractivity contribution in [2.75, 3.05) is 7.11 Å². The number of hydrogen-bond acceptors (Lipinski definition) is 2. The average molecular weight is 183 g/mol. The molecule has 0 amide bonds. The Hall–Kier alpha value is -1.47. The third kappa shape index (κ3) is 2.01. The van der Waals surface area contributed by atoms with Crippen molar-refractivity contribution in [2.24, 2.45) is 0 Å². The van der Waals surface area contributed by atoms with Crippen molar-refractivity contribution in [3.8, 4) is 6.07 Å². The highest BCUT2D eigenvalue weighted by Gasteiger charge is 2.11. The number of rotatable bonds is 2. The molecule has 0 aliphatic carbocycles. The summed E-state index contributed by atoms with van der Waals surface area (Å²) < 4.78 is 29.9. The topological polar surface area (TPSA) is 33.0 Å². The van der Waals surface area contributed by atoms with E-state index < -0.39 is 17.7 Å². The van der Waals surface area contributed by atoms with Crippen LogP contribution in [0.3, 0.4) is 0 Å². The van der Waals surface area contributed by atoms with Gasteiger partial charge in [0.1, 0.15) is 0 Å². The number of benzene rings is 1. The van der Waals surface area contributed by atoms with Crippen LogP contribution in [0.15, 0.2) is 18.2 Å². The molecule has 0 bridgehead atoms. The second-order valence-corrected chi connectivity index (χ2v) is 2.42. The van der Waals surface area contributed by atoms with Crippen LogP contribution in [0.2, 0.25) is 0 Å². The summed E-state index contributed by atoms with van der Waals surface area (Å²) in [4.78, 5) is 0. The van der Waals surface area contributed by atoms with Gasteiger partial charge in [0.05, 0.1) is 6.07 Å². The Kier molecular flexibility index (Phi) is 2.93. The predicted octanol–water partition coefficient (Wildman–Crippen LogP) is 2.18. The first-order valence-electron chi connectivity index (χ1n) is 3.56. The van der Waals surface area contributed by atoms with Gasteiger partial charge in [-0.25, -0.2) is 8.78 Å². The van der Waals surface area contributed by atoms with Crippen LogP contribution in [0.4, 0.5) is 8.78 Å². The van der Waals surface area contributed by atoms with Gasteiger partial charge in [-0.2, -0.15) is 5.26 Å². The Labute approximate surface area is 74.4 Å². The molecule has 0 aliphatic rings. The van der Waals surface area contributed by atoms with Gasteiger partial charge in [0.25, 0.3) is 0 Å². The summed E-state index contributed by atoms with van der Waals surface area (Å²) in [6, 6.07) is 5.04. The van der Waals surface area contributed by atoms with Gasteiger partial charge < -0.3 is 4.74 Å². The fourth-order valence-corrected chi connectivity index (χ4v) is 0.939. The van der Waals surface area contributed by atoms with Gasteiger partial charge in [-0.05, 0) is 17.7 Å². The maximum atomic E-state index is 12.7. The fraction of sp³-hybridized carbons (Fsp3) is 0.222. The van der Waals surface area contributed by atoms with Crippen LogP contribution in [0.25, 0.3) is 0 Å². The number of halogens is 2. The number of ether oxygens (including phenoxy) is 1. The van der Waals surface area contributed by atoms with E-state index in [0.29, 0.717) is 5.56 Å². The van der Waals surface area contributed by atoms with Gasteiger partial charge in [0, 0.05) is 7.11 Å². The van der Waals surface area contributed by atoms with Crippen LogP contribution in [0.1, 0.15) is 11.7 Å². The van der Waals surface area contributed by atoms with Crippen LogP contribution in [0, 0.1) is 23.0 Å². The van der Waals surface area contributed by atoms with Crippen molar-refractivity contribution in [1.29, 1.82) is 5.26 Å². The van der Waals surface area contributed by atoms with Gasteiger partial charge in [-0.3, -0.25) is 0 Å². The monoisotopic (exact) mass is 183 g/mol. The molecular weight excluding hydrogens is 176 g/mol. The fourth-order valence-electron chi connectivity index (χ4n) is 0.939. The molecule has 0 heterocycles. The normalized spacial score (nSPS) is 12.2. The lowest BCUT2D eigenvalue weighted by molar-refractivity contribution is 0.148. The molecule has 0 aromatic heterocycles. The summed E-state index contributed by atoms with van der Waals surface area (Å²) in [5.41, 5.74) is 0.309. The van der Waals surface area contributed by atoms with Gasteiger partial charge in [0.2, 0.25) is 0 Å². The van der Waals surface area contributed by atoms with Crippen molar-refractivity contribution in [3.05, 3.63) is 35.4 Å². The maximum Gasteiger partial charge on any atom is 0.168 e. The molecule has 0 N–H and O–H groups in total. The molecule has 0 saturated heterocycles. The maximum absolute atomic E-state index is 12.7. The number of nitrogens with zero attached hydrogens (tertiary/aromatic N) is 1. The van der Waals surface area contributed by atoms with Crippen molar-refractivity contribution in [1.82, 2.24) is 0 Å². The van der Waals surface area contributed by atoms with Crippen LogP contribution < -0.4 is 0 Å². The van der Waals surface area contributed by atoms with Gasteiger partial charge in [-0.15, -0.1) is 0 Å². The van der Waals surface area contributed by atoms with Gasteiger partial charge in [0.15, 0.2) is 17.7 Å². The van der Waals surface area contributed by atoms with E-state index in [9.17, 15) is 8.78 Å². The largest absolute Gasteiger partial charge is 0.362 e. The van der Waals surface area contributed by atoms with Crippen LogP contribution >= 0.6 is 0 Å². The molecule has 0 radical (unpaired) electrons. The molecule has 0 aliphatic heterocycles. The van der Waals surface area contributed by atoms with Crippen molar-refractivity contribution >= 4 is 0 Å². The van der Waals surface area contributed by atoms with Crippen LogP contribution in [0.5, 0.6) is 0 Å². The molecule has 4 heteroatoms. The van der Waals surface area contributed by atoms with Crippen molar-refractivity contribution in [2.45, 2.75) is 6.10 Å². The Morgan fingerprint density at radius 2 is 2.08 bits per heavy atom. The first-order valence-corrected chi connectivity index (χ1v) is 3.56. The summed E-state index contributed by atoms with van der Waals surface area (Å²) in [7, 11) is 1.33. The van der Waals surface area contributed by atoms with E-state index in [1.807, 2.05) is 0 Å². The lowest BCUT2D eigenvalue weighted by Crippen LogP contribution is -1.99. The SMILES string of the molecule is COC(C#N)c1ccc(F)c(F)c1. The summed E-state index contributed by atoms with van der Waals surface area (Å²) in [5.74, 6) is -1.91. The molecule has 1 unspecified atom stereocenters. The zero-order valence-corrected chi connectivity index (χ0v) is 6.92. The van der Waals surface area contributed by atoms with E-state index in [0.717, 1.165) is 12.1 Å². The van der Waals surface area contributed by atoms with Crippen LogP contribution in [-0.4, -0.2) is 7.11 Å². The van der Waals surface area contributed by atoms with E-state index in [-0.39, 0.29) is 0 Å². The molecule has 2 nitrogen and oxygen atoms in total. The molecule has 0 spiro atoms. The van der Waals surface area contributed by atoms with Gasteiger partial charge >= 0.3 is 0 Å². The zero-order valence-electron chi connectivity index (χ0n) is 6.92. The highest BCUT2D eigenvalue weighted by Crippen LogP contribution is 2.17. The highest BCUT2D eigenvalue weighted by molar-refractivity contribution is 5.23. The second-order valence-electron chi connectivity index (χ2n) is 2.42. The predicted molar refractivity (Wildman–Crippen MR) is 41.7 cm³/mol. The van der Waals surface area contributed by atoms with E-state index in [1.54, 1.807) is 6.07 Å². The Morgan fingerprint density at radius 3 is 2.54 bits per heavy atom. The third-order valence-electron chi connectivity index (χ3n) is 1.60. The summed E-state index contributed by atoms with van der Waals surface area (Å²) >= 11 is 0. The minimum Gasteiger partial charge on any atom is -0.362 e. The second kappa shape index (κ2) is 3.97. The summed E-state index contributed by atoms with van der Waals surface area (Å²) in [6.45, 7) is 0. The third-order valence-corrected chi connectivity index (χ3v) is 1.60. The van der Waals surface area contributed by atoms with E-state index in [2.05, 4.69) is 0 Å². The molecule has 13 heavy (non-hydrogen) atoms. The molecule has 1 rings (SSSR count). The molecular formula is C9H7F2NO. The molecule has 1 aromatic carbocycles. The van der Waals surface area contributed by atoms with E-state index in [4.69, 9.17) is 10.00 Å². The number of nitriles is 1. The quantitative estimate of drug-likeness (QED) is 0.703. The van der Waals surface area contributed by atoms with Crippen LogP contribution in [-0.2, 0) is 4.74 Å². The molecule has 1 aromatic rings. The molecule has 0 saturated carbocycles. The average Bonchev–Trinajstić information content (AvgIpc) is 2.13. The number of methoxy groups -OCH3 is 1. The first kappa shape index (κ1) is 9.62. The van der Waals surface area contributed by atoms with Crippen molar-refractivity contribution in [3.63, 3.8) is 0 Å². The number of hydrogen-bond donors (Lipinski definition) is 0. The molecule has 68 valence electrons. The molecule has 1 atom stereocenters. The summed E-state index contributed by atoms with van der Waals surface area (Å²) in [6.07, 6.45) is -0.852. The Morgan fingerprint density at radius 1 is 1.38 bits per heavy atom. The molecule has 0 fully saturated rings. The summed E-state index contributed by atoms with van der Waals surface area (Å²) in [5, 5.41) is 8.55. The lowest BCUT2D eigenvalue weighted by atomic mass is 10.1. The van der Waals surface area contributed by atoms with E-state index >= 15 is 0 Å². The van der Waals surface area contributed by atoms with Crippen molar-refractivity contribution < 1.29 is 13.5 Å². The van der Waals surface area contributed by atoms with Gasteiger partial charge in [-0.1, -0.05) is 6.07 Å². The Bertz CT molecular complexity index is 346.